The fraction of sp³-hybridized carbons (Fsp3) is 0.625. The maximum Gasteiger partial charge on any atom is 0.321 e. The van der Waals surface area contributed by atoms with Gasteiger partial charge >= 0.3 is 6.03 Å². The first-order chi connectivity index (χ1) is 10.6. The Bertz CT molecular complexity index is 472. The fourth-order valence-corrected chi connectivity index (χ4v) is 2.53. The Morgan fingerprint density at radius 1 is 1.41 bits per heavy atom. The molecule has 1 unspecified atom stereocenters. The van der Waals surface area contributed by atoms with Gasteiger partial charge in [0.25, 0.3) is 0 Å². The minimum absolute atomic E-state index is 0.0191. The first-order valence-electron chi connectivity index (χ1n) is 7.85. The summed E-state index contributed by atoms with van der Waals surface area (Å²) in [6.45, 7) is 4.59. The lowest BCUT2D eigenvalue weighted by atomic mass is 10.1. The Balaban J connectivity index is 1.91. The van der Waals surface area contributed by atoms with Crippen molar-refractivity contribution in [3.63, 3.8) is 0 Å². The minimum atomic E-state index is -0.155. The van der Waals surface area contributed by atoms with Crippen LogP contribution in [0.4, 0.5) is 16.3 Å². The monoisotopic (exact) mass is 306 g/mol. The Morgan fingerprint density at radius 2 is 2.14 bits per heavy atom. The van der Waals surface area contributed by atoms with Crippen molar-refractivity contribution in [2.75, 3.05) is 44.1 Å². The Labute approximate surface area is 132 Å². The van der Waals surface area contributed by atoms with Crippen LogP contribution in [0.15, 0.2) is 18.3 Å². The van der Waals surface area contributed by atoms with Crippen LogP contribution < -0.4 is 10.2 Å². The Morgan fingerprint density at radius 3 is 2.73 bits per heavy atom. The van der Waals surface area contributed by atoms with E-state index in [0.29, 0.717) is 12.3 Å². The number of carbonyl (C=O) groups excluding carboxylic acids is 1. The molecule has 6 heteroatoms. The SMILES string of the molecule is COCC(C)N(C)C(=O)Nc1ccc(N2CCCCC2)nc1. The summed E-state index contributed by atoms with van der Waals surface area (Å²) in [7, 11) is 3.39. The molecule has 1 atom stereocenters. The predicted octanol–water partition coefficient (Wildman–Crippen LogP) is 2.57. The molecule has 1 fully saturated rings. The van der Waals surface area contributed by atoms with E-state index in [0.717, 1.165) is 18.9 Å². The number of anilines is 2. The van der Waals surface area contributed by atoms with Crippen molar-refractivity contribution in [1.82, 2.24) is 9.88 Å². The van der Waals surface area contributed by atoms with Gasteiger partial charge in [0.15, 0.2) is 0 Å². The van der Waals surface area contributed by atoms with E-state index < -0.39 is 0 Å². The van der Waals surface area contributed by atoms with E-state index in [1.54, 1.807) is 25.3 Å². The lowest BCUT2D eigenvalue weighted by molar-refractivity contribution is 0.128. The second-order valence-electron chi connectivity index (χ2n) is 5.80. The summed E-state index contributed by atoms with van der Waals surface area (Å²) in [5.41, 5.74) is 0.710. The third-order valence-corrected chi connectivity index (χ3v) is 4.07. The molecule has 1 saturated heterocycles. The summed E-state index contributed by atoms with van der Waals surface area (Å²) in [6, 6.07) is 3.74. The molecule has 0 aromatic carbocycles. The van der Waals surface area contributed by atoms with E-state index in [9.17, 15) is 4.79 Å². The highest BCUT2D eigenvalue weighted by Crippen LogP contribution is 2.19. The van der Waals surface area contributed by atoms with Crippen LogP contribution in [0.25, 0.3) is 0 Å². The van der Waals surface area contributed by atoms with Crippen LogP contribution in [-0.4, -0.2) is 55.8 Å². The van der Waals surface area contributed by atoms with Crippen molar-refractivity contribution in [2.45, 2.75) is 32.2 Å². The number of carbonyl (C=O) groups is 1. The van der Waals surface area contributed by atoms with E-state index in [1.165, 1.54) is 19.3 Å². The molecule has 1 aromatic heterocycles. The summed E-state index contributed by atoms with van der Waals surface area (Å²) in [5, 5.41) is 2.86. The fourth-order valence-electron chi connectivity index (χ4n) is 2.53. The third kappa shape index (κ3) is 4.34. The smallest absolute Gasteiger partial charge is 0.321 e. The van der Waals surface area contributed by atoms with Gasteiger partial charge in [-0.05, 0) is 38.3 Å². The van der Waals surface area contributed by atoms with Crippen molar-refractivity contribution in [3.05, 3.63) is 18.3 Å². The summed E-state index contributed by atoms with van der Waals surface area (Å²) in [5.74, 6) is 0.985. The van der Waals surface area contributed by atoms with Crippen LogP contribution in [-0.2, 0) is 4.74 Å². The number of nitrogens with one attached hydrogen (secondary N) is 1. The van der Waals surface area contributed by atoms with Gasteiger partial charge in [0, 0.05) is 27.2 Å². The molecule has 1 aliphatic rings. The van der Waals surface area contributed by atoms with Crippen LogP contribution in [0.2, 0.25) is 0 Å². The molecule has 0 bridgehead atoms. The molecule has 1 aromatic rings. The van der Waals surface area contributed by atoms with E-state index in [4.69, 9.17) is 4.74 Å². The predicted molar refractivity (Wildman–Crippen MR) is 88.4 cm³/mol. The van der Waals surface area contributed by atoms with Gasteiger partial charge in [-0.15, -0.1) is 0 Å². The van der Waals surface area contributed by atoms with Gasteiger partial charge in [-0.25, -0.2) is 9.78 Å². The van der Waals surface area contributed by atoms with Crippen molar-refractivity contribution >= 4 is 17.5 Å². The number of ether oxygens (including phenoxy) is 1. The average Bonchev–Trinajstić information content (AvgIpc) is 2.56. The summed E-state index contributed by atoms with van der Waals surface area (Å²) >= 11 is 0. The zero-order chi connectivity index (χ0) is 15.9. The normalized spacial score (nSPS) is 16.2. The van der Waals surface area contributed by atoms with Crippen LogP contribution >= 0.6 is 0 Å². The Kier molecular flexibility index (Phi) is 6.00. The highest BCUT2D eigenvalue weighted by molar-refractivity contribution is 5.89. The number of pyridine rings is 1. The standard InChI is InChI=1S/C16H26N4O2/c1-13(12-22-3)19(2)16(21)18-14-7-8-15(17-11-14)20-9-5-4-6-10-20/h7-8,11,13H,4-6,9-10,12H2,1-3H3,(H,18,21). The quantitative estimate of drug-likeness (QED) is 0.908. The lowest BCUT2D eigenvalue weighted by Gasteiger charge is -2.28. The molecule has 0 saturated carbocycles. The van der Waals surface area contributed by atoms with Crippen molar-refractivity contribution in [3.8, 4) is 0 Å². The van der Waals surface area contributed by atoms with Crippen LogP contribution in [0, 0.1) is 0 Å². The molecule has 0 radical (unpaired) electrons. The largest absolute Gasteiger partial charge is 0.383 e. The average molecular weight is 306 g/mol. The van der Waals surface area contributed by atoms with Crippen molar-refractivity contribution in [2.24, 2.45) is 0 Å². The zero-order valence-electron chi connectivity index (χ0n) is 13.7. The van der Waals surface area contributed by atoms with Gasteiger partial charge in [-0.3, -0.25) is 0 Å². The third-order valence-electron chi connectivity index (χ3n) is 4.07. The number of likely N-dealkylation sites (N-methyl/N-ethyl adjacent to an activating group) is 1. The molecule has 122 valence electrons. The summed E-state index contributed by atoms with van der Waals surface area (Å²) < 4.78 is 5.07. The number of urea groups is 1. The molecule has 22 heavy (non-hydrogen) atoms. The van der Waals surface area contributed by atoms with E-state index >= 15 is 0 Å². The molecule has 2 amide bonds. The van der Waals surface area contributed by atoms with Crippen LogP contribution in [0.5, 0.6) is 0 Å². The van der Waals surface area contributed by atoms with Crippen molar-refractivity contribution in [1.29, 1.82) is 0 Å². The van der Waals surface area contributed by atoms with Gasteiger partial charge in [0.2, 0.25) is 0 Å². The molecule has 2 rings (SSSR count). The summed E-state index contributed by atoms with van der Waals surface area (Å²) in [6.07, 6.45) is 5.47. The van der Waals surface area contributed by atoms with E-state index in [-0.39, 0.29) is 12.1 Å². The highest BCUT2D eigenvalue weighted by atomic mass is 16.5. The van der Waals surface area contributed by atoms with Crippen LogP contribution in [0.3, 0.4) is 0 Å². The van der Waals surface area contributed by atoms with Gasteiger partial charge < -0.3 is 19.9 Å². The number of piperidine rings is 1. The molecular weight excluding hydrogens is 280 g/mol. The second-order valence-corrected chi connectivity index (χ2v) is 5.80. The van der Waals surface area contributed by atoms with Gasteiger partial charge in [0.1, 0.15) is 5.82 Å². The topological polar surface area (TPSA) is 57.7 Å². The molecular formula is C16H26N4O2. The number of hydrogen-bond acceptors (Lipinski definition) is 4. The van der Waals surface area contributed by atoms with E-state index in [2.05, 4.69) is 15.2 Å². The second kappa shape index (κ2) is 7.98. The molecule has 0 spiro atoms. The molecule has 0 aliphatic carbocycles. The van der Waals surface area contributed by atoms with Gasteiger partial charge in [0.05, 0.1) is 24.5 Å². The maximum absolute atomic E-state index is 12.1. The number of methoxy groups -OCH3 is 1. The molecule has 6 nitrogen and oxygen atoms in total. The first kappa shape index (κ1) is 16.5. The number of rotatable bonds is 5. The molecule has 1 N–H and O–H groups in total. The first-order valence-corrected chi connectivity index (χ1v) is 7.85. The molecule has 2 heterocycles. The maximum atomic E-state index is 12.1. The number of hydrogen-bond donors (Lipinski definition) is 1. The van der Waals surface area contributed by atoms with Gasteiger partial charge in [-0.1, -0.05) is 0 Å². The number of aromatic nitrogens is 1. The lowest BCUT2D eigenvalue weighted by Crippen LogP contribution is -2.40. The highest BCUT2D eigenvalue weighted by Gasteiger charge is 2.16. The summed E-state index contributed by atoms with van der Waals surface area (Å²) in [4.78, 5) is 20.5. The van der Waals surface area contributed by atoms with Crippen LogP contribution in [0.1, 0.15) is 26.2 Å². The zero-order valence-corrected chi connectivity index (χ0v) is 13.7. The number of amides is 2. The van der Waals surface area contributed by atoms with E-state index in [1.807, 2.05) is 19.1 Å². The number of nitrogens with zero attached hydrogens (tertiary/aromatic N) is 3. The van der Waals surface area contributed by atoms with Crippen molar-refractivity contribution < 1.29 is 9.53 Å². The minimum Gasteiger partial charge on any atom is -0.383 e. The Hall–Kier alpha value is -1.82. The molecule has 1 aliphatic heterocycles. The van der Waals surface area contributed by atoms with Gasteiger partial charge in [-0.2, -0.15) is 0 Å².